The van der Waals surface area contributed by atoms with E-state index in [4.69, 9.17) is 0 Å². The van der Waals surface area contributed by atoms with Gasteiger partial charge in [-0.15, -0.1) is 5.10 Å². The number of hydrogen-bond donors (Lipinski definition) is 1. The average molecular weight is 347 g/mol. The molecule has 1 aromatic heterocycles. The quantitative estimate of drug-likeness (QED) is 0.719. The minimum atomic E-state index is -0.705. The summed E-state index contributed by atoms with van der Waals surface area (Å²) in [7, 11) is 0. The van der Waals surface area contributed by atoms with Crippen LogP contribution in [0, 0.1) is 11.6 Å². The van der Waals surface area contributed by atoms with Crippen molar-refractivity contribution in [2.75, 3.05) is 11.1 Å². The van der Waals surface area contributed by atoms with Gasteiger partial charge in [-0.25, -0.2) is 8.78 Å². The van der Waals surface area contributed by atoms with Crippen molar-refractivity contribution in [1.29, 1.82) is 0 Å². The Bertz CT molecular complexity index is 856. The molecular formula is C15H11F2N5OS. The molecule has 0 aliphatic heterocycles. The van der Waals surface area contributed by atoms with Crippen molar-refractivity contribution in [3.8, 4) is 5.69 Å². The van der Waals surface area contributed by atoms with Crippen LogP contribution in [0.2, 0.25) is 0 Å². The van der Waals surface area contributed by atoms with Crippen LogP contribution >= 0.6 is 11.8 Å². The maximum Gasteiger partial charge on any atom is 0.234 e. The molecule has 24 heavy (non-hydrogen) atoms. The van der Waals surface area contributed by atoms with Crippen molar-refractivity contribution in [3.05, 3.63) is 60.2 Å². The Labute approximate surface area is 139 Å². The molecule has 0 atom stereocenters. The van der Waals surface area contributed by atoms with Crippen LogP contribution in [0.1, 0.15) is 0 Å². The topological polar surface area (TPSA) is 72.7 Å². The predicted molar refractivity (Wildman–Crippen MR) is 84.9 cm³/mol. The number of tetrazole rings is 1. The van der Waals surface area contributed by atoms with Crippen molar-refractivity contribution >= 4 is 23.4 Å². The molecule has 6 nitrogen and oxygen atoms in total. The van der Waals surface area contributed by atoms with E-state index in [1.165, 1.54) is 4.68 Å². The van der Waals surface area contributed by atoms with E-state index in [0.29, 0.717) is 5.16 Å². The van der Waals surface area contributed by atoms with Crippen molar-refractivity contribution in [3.63, 3.8) is 0 Å². The second kappa shape index (κ2) is 7.18. The number of thioether (sulfide) groups is 1. The van der Waals surface area contributed by atoms with Crippen LogP contribution in [0.15, 0.2) is 53.7 Å². The van der Waals surface area contributed by atoms with Crippen LogP contribution in [-0.2, 0) is 4.79 Å². The first-order valence-corrected chi connectivity index (χ1v) is 7.83. The summed E-state index contributed by atoms with van der Waals surface area (Å²) in [6.07, 6.45) is 0. The highest BCUT2D eigenvalue weighted by molar-refractivity contribution is 7.99. The highest BCUT2D eigenvalue weighted by atomic mass is 32.2. The van der Waals surface area contributed by atoms with E-state index in [1.54, 1.807) is 0 Å². The molecule has 1 N–H and O–H groups in total. The lowest BCUT2D eigenvalue weighted by Crippen LogP contribution is -2.15. The number of carbonyl (C=O) groups excluding carboxylic acids is 1. The molecule has 0 spiro atoms. The third kappa shape index (κ3) is 3.74. The third-order valence-electron chi connectivity index (χ3n) is 2.98. The molecule has 1 heterocycles. The number of carbonyl (C=O) groups is 1. The number of halogens is 2. The SMILES string of the molecule is O=C(CSc1nnnn1-c1ccccc1)Nc1cc(F)ccc1F. The molecule has 0 radical (unpaired) electrons. The first-order valence-electron chi connectivity index (χ1n) is 6.85. The second-order valence-electron chi connectivity index (χ2n) is 4.67. The molecule has 1 amide bonds. The van der Waals surface area contributed by atoms with Gasteiger partial charge in [0.2, 0.25) is 11.1 Å². The van der Waals surface area contributed by atoms with E-state index >= 15 is 0 Å². The summed E-state index contributed by atoms with van der Waals surface area (Å²) in [5.41, 5.74) is 0.546. The van der Waals surface area contributed by atoms with E-state index in [-0.39, 0.29) is 11.4 Å². The average Bonchev–Trinajstić information content (AvgIpc) is 3.06. The molecule has 0 bridgehead atoms. The lowest BCUT2D eigenvalue weighted by atomic mass is 10.3. The number of hydrogen-bond acceptors (Lipinski definition) is 5. The summed E-state index contributed by atoms with van der Waals surface area (Å²) in [6.45, 7) is 0. The maximum absolute atomic E-state index is 13.5. The maximum atomic E-state index is 13.5. The van der Waals surface area contributed by atoms with Crippen molar-refractivity contribution in [1.82, 2.24) is 20.2 Å². The molecule has 0 saturated carbocycles. The minimum absolute atomic E-state index is 0.0524. The van der Waals surface area contributed by atoms with Crippen LogP contribution in [-0.4, -0.2) is 31.9 Å². The van der Waals surface area contributed by atoms with E-state index in [0.717, 1.165) is 35.6 Å². The van der Waals surface area contributed by atoms with Gasteiger partial charge in [0, 0.05) is 6.07 Å². The number of nitrogens with zero attached hydrogens (tertiary/aromatic N) is 4. The molecule has 0 unspecified atom stereocenters. The summed E-state index contributed by atoms with van der Waals surface area (Å²) < 4.78 is 28.1. The fourth-order valence-electron chi connectivity index (χ4n) is 1.91. The Morgan fingerprint density at radius 1 is 1.17 bits per heavy atom. The zero-order valence-corrected chi connectivity index (χ0v) is 13.0. The monoisotopic (exact) mass is 347 g/mol. The molecule has 2 aromatic carbocycles. The van der Waals surface area contributed by atoms with E-state index in [1.807, 2.05) is 30.3 Å². The van der Waals surface area contributed by atoms with Gasteiger partial charge in [0.25, 0.3) is 0 Å². The number of nitrogens with one attached hydrogen (secondary N) is 1. The van der Waals surface area contributed by atoms with Gasteiger partial charge in [-0.3, -0.25) is 4.79 Å². The molecule has 0 aliphatic carbocycles. The second-order valence-corrected chi connectivity index (χ2v) is 5.61. The van der Waals surface area contributed by atoms with E-state index < -0.39 is 17.5 Å². The van der Waals surface area contributed by atoms with Crippen molar-refractivity contribution in [2.24, 2.45) is 0 Å². The molecule has 3 rings (SSSR count). The zero-order chi connectivity index (χ0) is 16.9. The number of benzene rings is 2. The summed E-state index contributed by atoms with van der Waals surface area (Å²) in [5, 5.41) is 14.0. The zero-order valence-electron chi connectivity index (χ0n) is 12.2. The number of anilines is 1. The van der Waals surface area contributed by atoms with Crippen LogP contribution in [0.5, 0.6) is 0 Å². The van der Waals surface area contributed by atoms with Gasteiger partial charge in [-0.05, 0) is 34.7 Å². The van der Waals surface area contributed by atoms with Gasteiger partial charge in [0.15, 0.2) is 0 Å². The molecule has 0 fully saturated rings. The Morgan fingerprint density at radius 2 is 1.96 bits per heavy atom. The minimum Gasteiger partial charge on any atom is -0.323 e. The number of aromatic nitrogens is 4. The number of rotatable bonds is 5. The summed E-state index contributed by atoms with van der Waals surface area (Å²) in [4.78, 5) is 11.9. The number of para-hydroxylation sites is 1. The fourth-order valence-corrected chi connectivity index (χ4v) is 2.60. The molecule has 9 heteroatoms. The predicted octanol–water partition coefficient (Wildman–Crippen LogP) is 2.67. The Morgan fingerprint density at radius 3 is 2.75 bits per heavy atom. The first-order chi connectivity index (χ1) is 11.6. The van der Waals surface area contributed by atoms with Gasteiger partial charge < -0.3 is 5.32 Å². The Balaban J connectivity index is 1.65. The molecule has 0 aliphatic rings. The van der Waals surface area contributed by atoms with Crippen LogP contribution in [0.25, 0.3) is 5.69 Å². The van der Waals surface area contributed by atoms with E-state index in [9.17, 15) is 13.6 Å². The van der Waals surface area contributed by atoms with Crippen molar-refractivity contribution in [2.45, 2.75) is 5.16 Å². The Hall–Kier alpha value is -2.81. The van der Waals surface area contributed by atoms with Crippen LogP contribution in [0.4, 0.5) is 14.5 Å². The standard InChI is InChI=1S/C15H11F2N5OS/c16-10-6-7-12(17)13(8-10)18-14(23)9-24-15-19-20-21-22(15)11-4-2-1-3-5-11/h1-8H,9H2,(H,18,23). The highest BCUT2D eigenvalue weighted by Gasteiger charge is 2.13. The van der Waals surface area contributed by atoms with Gasteiger partial charge in [-0.2, -0.15) is 4.68 Å². The largest absolute Gasteiger partial charge is 0.323 e. The van der Waals surface area contributed by atoms with Gasteiger partial charge in [0.1, 0.15) is 11.6 Å². The van der Waals surface area contributed by atoms with Crippen molar-refractivity contribution < 1.29 is 13.6 Å². The molecular weight excluding hydrogens is 336 g/mol. The smallest absolute Gasteiger partial charge is 0.234 e. The van der Waals surface area contributed by atoms with Gasteiger partial charge in [-0.1, -0.05) is 30.0 Å². The van der Waals surface area contributed by atoms with E-state index in [2.05, 4.69) is 20.8 Å². The number of amides is 1. The Kier molecular flexibility index (Phi) is 4.80. The molecule has 3 aromatic rings. The lowest BCUT2D eigenvalue weighted by molar-refractivity contribution is -0.113. The fraction of sp³-hybridized carbons (Fsp3) is 0.0667. The normalized spacial score (nSPS) is 10.6. The molecule has 0 saturated heterocycles. The first kappa shape index (κ1) is 16.1. The molecule has 122 valence electrons. The summed E-state index contributed by atoms with van der Waals surface area (Å²) >= 11 is 1.08. The lowest BCUT2D eigenvalue weighted by Gasteiger charge is -2.06. The van der Waals surface area contributed by atoms with Crippen LogP contribution in [0.3, 0.4) is 0 Å². The highest BCUT2D eigenvalue weighted by Crippen LogP contribution is 2.19. The van der Waals surface area contributed by atoms with Gasteiger partial charge in [0.05, 0.1) is 17.1 Å². The summed E-state index contributed by atoms with van der Waals surface area (Å²) in [6, 6.07) is 12.0. The third-order valence-corrected chi connectivity index (χ3v) is 3.90. The summed E-state index contributed by atoms with van der Waals surface area (Å²) in [5.74, 6) is -1.88. The van der Waals surface area contributed by atoms with Crippen LogP contribution < -0.4 is 5.32 Å². The van der Waals surface area contributed by atoms with Gasteiger partial charge >= 0.3 is 0 Å².